The first-order valence-corrected chi connectivity index (χ1v) is 10.5. The van der Waals surface area contributed by atoms with E-state index in [1.165, 1.54) is 4.31 Å². The van der Waals surface area contributed by atoms with Gasteiger partial charge in [-0.05, 0) is 42.0 Å². The number of anilines is 1. The number of piperazine rings is 1. The molecule has 1 aromatic carbocycles. The van der Waals surface area contributed by atoms with Gasteiger partial charge in [-0.3, -0.25) is 4.98 Å². The largest absolute Gasteiger partial charge is 0.369 e. The second kappa shape index (κ2) is 7.34. The molecule has 3 heterocycles. The number of rotatable bonds is 4. The Morgan fingerprint density at radius 1 is 1.00 bits per heavy atom. The Morgan fingerprint density at radius 2 is 1.74 bits per heavy atom. The van der Waals surface area contributed by atoms with Crippen LogP contribution in [0.15, 0.2) is 66.0 Å². The third-order valence-electron chi connectivity index (χ3n) is 4.73. The summed E-state index contributed by atoms with van der Waals surface area (Å²) in [5.74, 6) is 0. The molecular formula is C19H19ClN4O2S. The molecule has 1 N–H and O–H groups in total. The van der Waals surface area contributed by atoms with Crippen LogP contribution in [0.5, 0.6) is 0 Å². The van der Waals surface area contributed by atoms with E-state index in [1.54, 1.807) is 30.6 Å². The number of nitrogens with one attached hydrogen (secondary N) is 1. The van der Waals surface area contributed by atoms with Crippen molar-refractivity contribution in [2.24, 2.45) is 0 Å². The van der Waals surface area contributed by atoms with Crippen molar-refractivity contribution in [3.05, 3.63) is 66.1 Å². The van der Waals surface area contributed by atoms with Gasteiger partial charge in [0, 0.05) is 56.2 Å². The van der Waals surface area contributed by atoms with Gasteiger partial charge in [-0.25, -0.2) is 8.42 Å². The van der Waals surface area contributed by atoms with Gasteiger partial charge in [0.25, 0.3) is 0 Å². The molecule has 0 radical (unpaired) electrons. The van der Waals surface area contributed by atoms with Crippen LogP contribution in [0.1, 0.15) is 0 Å². The molecule has 27 heavy (non-hydrogen) atoms. The van der Waals surface area contributed by atoms with Gasteiger partial charge in [0.05, 0.1) is 5.02 Å². The summed E-state index contributed by atoms with van der Waals surface area (Å²) in [6, 6.07) is 12.7. The molecule has 4 rings (SSSR count). The van der Waals surface area contributed by atoms with E-state index in [-0.39, 0.29) is 9.92 Å². The Bertz CT molecular complexity index is 1020. The average molecular weight is 403 g/mol. The van der Waals surface area contributed by atoms with Crippen molar-refractivity contribution >= 4 is 27.3 Å². The van der Waals surface area contributed by atoms with E-state index >= 15 is 0 Å². The quantitative estimate of drug-likeness (QED) is 0.727. The van der Waals surface area contributed by atoms with Gasteiger partial charge in [0.15, 0.2) is 0 Å². The van der Waals surface area contributed by atoms with Crippen LogP contribution >= 0.6 is 11.6 Å². The average Bonchev–Trinajstić information content (AvgIpc) is 3.23. The second-order valence-corrected chi connectivity index (χ2v) is 8.64. The van der Waals surface area contributed by atoms with Gasteiger partial charge in [0.2, 0.25) is 10.0 Å². The molecule has 2 aromatic heterocycles. The van der Waals surface area contributed by atoms with Crippen molar-refractivity contribution in [2.45, 2.75) is 4.90 Å². The van der Waals surface area contributed by atoms with E-state index in [2.05, 4.69) is 14.9 Å². The number of aromatic nitrogens is 2. The maximum absolute atomic E-state index is 13.1. The number of hydrogen-bond donors (Lipinski definition) is 1. The highest BCUT2D eigenvalue weighted by Crippen LogP contribution is 2.30. The van der Waals surface area contributed by atoms with Gasteiger partial charge < -0.3 is 9.88 Å². The minimum Gasteiger partial charge on any atom is -0.369 e. The first kappa shape index (κ1) is 18.0. The number of hydrogen-bond acceptors (Lipinski definition) is 4. The van der Waals surface area contributed by atoms with E-state index in [1.807, 2.05) is 30.5 Å². The predicted octanol–water partition coefficient (Wildman–Crippen LogP) is 3.24. The van der Waals surface area contributed by atoms with Crippen LogP contribution < -0.4 is 4.90 Å². The third kappa shape index (κ3) is 3.58. The van der Waals surface area contributed by atoms with Crippen molar-refractivity contribution in [1.82, 2.24) is 14.3 Å². The molecule has 3 aromatic rings. The summed E-state index contributed by atoms with van der Waals surface area (Å²) in [6.07, 6.45) is 5.30. The lowest BCUT2D eigenvalue weighted by Gasteiger charge is -2.35. The molecule has 6 nitrogen and oxygen atoms in total. The molecular weight excluding hydrogens is 384 g/mol. The minimum absolute atomic E-state index is 0.150. The Balaban J connectivity index is 1.52. The standard InChI is InChI=1S/C19H19ClN4O2S/c20-17-14-15(18-2-1-7-22-18)3-4-19(17)27(25,26)24-12-10-23(11-13-24)16-5-8-21-9-6-16/h1-9,14,22H,10-13H2. The van der Waals surface area contributed by atoms with Crippen LogP contribution in [-0.4, -0.2) is 48.9 Å². The van der Waals surface area contributed by atoms with Crippen molar-refractivity contribution < 1.29 is 8.42 Å². The molecule has 0 saturated carbocycles. The van der Waals surface area contributed by atoms with Crippen molar-refractivity contribution in [1.29, 1.82) is 0 Å². The van der Waals surface area contributed by atoms with Crippen molar-refractivity contribution in [2.75, 3.05) is 31.1 Å². The topological polar surface area (TPSA) is 69.3 Å². The lowest BCUT2D eigenvalue weighted by molar-refractivity contribution is 0.385. The molecule has 1 aliphatic heterocycles. The molecule has 0 atom stereocenters. The number of pyridine rings is 1. The van der Waals surface area contributed by atoms with E-state index in [0.717, 1.165) is 16.9 Å². The summed E-state index contributed by atoms with van der Waals surface area (Å²) < 4.78 is 27.6. The van der Waals surface area contributed by atoms with Gasteiger partial charge in [0.1, 0.15) is 4.90 Å². The van der Waals surface area contributed by atoms with Gasteiger partial charge in [-0.2, -0.15) is 4.31 Å². The van der Waals surface area contributed by atoms with Gasteiger partial charge >= 0.3 is 0 Å². The maximum Gasteiger partial charge on any atom is 0.244 e. The van der Waals surface area contributed by atoms with Crippen LogP contribution in [0.25, 0.3) is 11.3 Å². The SMILES string of the molecule is O=S(=O)(c1ccc(-c2ccc[nH]2)cc1Cl)N1CCN(c2ccncc2)CC1. The molecule has 0 bridgehead atoms. The molecule has 1 fully saturated rings. The third-order valence-corrected chi connectivity index (χ3v) is 7.11. The second-order valence-electron chi connectivity index (χ2n) is 6.33. The highest BCUT2D eigenvalue weighted by molar-refractivity contribution is 7.89. The fourth-order valence-electron chi connectivity index (χ4n) is 3.27. The number of H-pyrrole nitrogens is 1. The highest BCUT2D eigenvalue weighted by atomic mass is 35.5. The molecule has 1 aliphatic rings. The highest BCUT2D eigenvalue weighted by Gasteiger charge is 2.30. The molecule has 0 unspecified atom stereocenters. The summed E-state index contributed by atoms with van der Waals surface area (Å²) >= 11 is 6.34. The Morgan fingerprint density at radius 3 is 2.37 bits per heavy atom. The molecule has 0 amide bonds. The lowest BCUT2D eigenvalue weighted by atomic mass is 10.2. The van der Waals surface area contributed by atoms with Crippen molar-refractivity contribution in [3.63, 3.8) is 0 Å². The summed E-state index contributed by atoms with van der Waals surface area (Å²) in [4.78, 5) is 9.42. The fourth-order valence-corrected chi connectivity index (χ4v) is 5.21. The first-order valence-electron chi connectivity index (χ1n) is 8.64. The number of nitrogens with zero attached hydrogens (tertiary/aromatic N) is 3. The molecule has 0 spiro atoms. The van der Waals surface area contributed by atoms with Crippen LogP contribution in [0.2, 0.25) is 5.02 Å². The van der Waals surface area contributed by atoms with Crippen molar-refractivity contribution in [3.8, 4) is 11.3 Å². The van der Waals surface area contributed by atoms with E-state index in [0.29, 0.717) is 26.2 Å². The van der Waals surface area contributed by atoms with E-state index in [4.69, 9.17) is 11.6 Å². The number of aromatic amines is 1. The summed E-state index contributed by atoms with van der Waals surface area (Å²) in [6.45, 7) is 2.08. The van der Waals surface area contributed by atoms with Gasteiger partial charge in [-0.15, -0.1) is 0 Å². The summed E-state index contributed by atoms with van der Waals surface area (Å²) in [5, 5.41) is 0.235. The summed E-state index contributed by atoms with van der Waals surface area (Å²) in [7, 11) is -3.63. The zero-order valence-electron chi connectivity index (χ0n) is 14.5. The first-order chi connectivity index (χ1) is 13.1. The Hall–Kier alpha value is -2.35. The van der Waals surface area contributed by atoms with Crippen LogP contribution in [-0.2, 0) is 10.0 Å². The van der Waals surface area contributed by atoms with Crippen LogP contribution in [0, 0.1) is 0 Å². The van der Waals surface area contributed by atoms with E-state index in [9.17, 15) is 8.42 Å². The molecule has 8 heteroatoms. The number of halogens is 1. The van der Waals surface area contributed by atoms with E-state index < -0.39 is 10.0 Å². The van der Waals surface area contributed by atoms with Crippen LogP contribution in [0.4, 0.5) is 5.69 Å². The lowest BCUT2D eigenvalue weighted by Crippen LogP contribution is -2.48. The Labute approximate surface area is 163 Å². The predicted molar refractivity (Wildman–Crippen MR) is 106 cm³/mol. The van der Waals surface area contributed by atoms with Crippen LogP contribution in [0.3, 0.4) is 0 Å². The normalized spacial score (nSPS) is 15.8. The molecule has 0 aliphatic carbocycles. The molecule has 1 saturated heterocycles. The maximum atomic E-state index is 13.1. The zero-order chi connectivity index (χ0) is 18.9. The number of sulfonamides is 1. The zero-order valence-corrected chi connectivity index (χ0v) is 16.1. The fraction of sp³-hybridized carbons (Fsp3) is 0.211. The minimum atomic E-state index is -3.63. The Kier molecular flexibility index (Phi) is 4.90. The van der Waals surface area contributed by atoms with Gasteiger partial charge in [-0.1, -0.05) is 17.7 Å². The smallest absolute Gasteiger partial charge is 0.244 e. The summed E-state index contributed by atoms with van der Waals surface area (Å²) in [5.41, 5.74) is 2.80. The monoisotopic (exact) mass is 402 g/mol. The molecule has 140 valence electrons. The number of benzene rings is 1.